The van der Waals surface area contributed by atoms with Crippen molar-refractivity contribution in [2.75, 3.05) is 5.32 Å². The van der Waals surface area contributed by atoms with Crippen LogP contribution < -0.4 is 5.32 Å². The van der Waals surface area contributed by atoms with E-state index in [1.54, 1.807) is 42.9 Å². The fraction of sp³-hybridized carbons (Fsp3) is 0.158. The Labute approximate surface area is 164 Å². The Bertz CT molecular complexity index is 1270. The van der Waals surface area contributed by atoms with Crippen LogP contribution in [0.25, 0.3) is 22.4 Å². The fourth-order valence-corrected chi connectivity index (χ4v) is 3.11. The third-order valence-electron chi connectivity index (χ3n) is 4.46. The normalized spacial score (nSPS) is 11.0. The molecule has 0 unspecified atom stereocenters. The van der Waals surface area contributed by atoms with Crippen molar-refractivity contribution in [3.63, 3.8) is 0 Å². The number of aryl methyl sites for hydroxylation is 3. The Morgan fingerprint density at radius 1 is 1.24 bits per heavy atom. The van der Waals surface area contributed by atoms with Crippen molar-refractivity contribution in [3.05, 3.63) is 63.5 Å². The van der Waals surface area contributed by atoms with Crippen LogP contribution in [0.5, 0.6) is 0 Å². The van der Waals surface area contributed by atoms with E-state index in [1.165, 1.54) is 12.1 Å². The van der Waals surface area contributed by atoms with Gasteiger partial charge in [0, 0.05) is 30.8 Å². The second-order valence-electron chi connectivity index (χ2n) is 6.56. The summed E-state index contributed by atoms with van der Waals surface area (Å²) in [7, 11) is 1.73. The Balaban J connectivity index is 1.83. The molecular formula is C19H16N6O4. The van der Waals surface area contributed by atoms with Gasteiger partial charge in [0.2, 0.25) is 0 Å². The Morgan fingerprint density at radius 2 is 2.03 bits per heavy atom. The van der Waals surface area contributed by atoms with Gasteiger partial charge < -0.3 is 9.84 Å². The Hall–Kier alpha value is -4.08. The summed E-state index contributed by atoms with van der Waals surface area (Å²) < 4.78 is 6.83. The topological polar surface area (TPSA) is 129 Å². The predicted octanol–water partition coefficient (Wildman–Crippen LogP) is 3.40. The zero-order valence-corrected chi connectivity index (χ0v) is 15.8. The molecule has 0 saturated carbocycles. The highest BCUT2D eigenvalue weighted by atomic mass is 16.6. The molecule has 0 aliphatic carbocycles. The molecule has 10 nitrogen and oxygen atoms in total. The van der Waals surface area contributed by atoms with Crippen LogP contribution in [-0.2, 0) is 7.05 Å². The molecule has 29 heavy (non-hydrogen) atoms. The lowest BCUT2D eigenvalue weighted by molar-refractivity contribution is -0.384. The molecule has 1 aromatic carbocycles. The number of nitrogens with zero attached hydrogens (tertiary/aromatic N) is 5. The molecule has 0 bridgehead atoms. The van der Waals surface area contributed by atoms with Gasteiger partial charge in [-0.1, -0.05) is 17.3 Å². The van der Waals surface area contributed by atoms with E-state index in [1.807, 2.05) is 6.92 Å². The van der Waals surface area contributed by atoms with Gasteiger partial charge in [0.1, 0.15) is 5.82 Å². The quantitative estimate of drug-likeness (QED) is 0.416. The molecule has 3 heterocycles. The van der Waals surface area contributed by atoms with Gasteiger partial charge in [-0.2, -0.15) is 5.10 Å². The monoisotopic (exact) mass is 392 g/mol. The number of aromatic nitrogens is 4. The highest BCUT2D eigenvalue weighted by Crippen LogP contribution is 2.29. The summed E-state index contributed by atoms with van der Waals surface area (Å²) in [6, 6.07) is 9.34. The van der Waals surface area contributed by atoms with Crippen molar-refractivity contribution in [1.29, 1.82) is 0 Å². The molecule has 4 aromatic rings. The average Bonchev–Trinajstić information content (AvgIpc) is 3.22. The SMILES string of the molecule is Cc1cc(NC(=O)c2cc(-c3cccc([N+](=O)[O-])c3)nc3onc(C)c23)n(C)n1. The van der Waals surface area contributed by atoms with Gasteiger partial charge in [0.05, 0.1) is 33.0 Å². The zero-order chi connectivity index (χ0) is 20.7. The molecule has 0 spiro atoms. The lowest BCUT2D eigenvalue weighted by atomic mass is 10.0. The molecule has 1 N–H and O–H groups in total. The number of pyridine rings is 1. The van der Waals surface area contributed by atoms with E-state index in [2.05, 4.69) is 20.6 Å². The number of hydrogen-bond donors (Lipinski definition) is 1. The lowest BCUT2D eigenvalue weighted by Gasteiger charge is -2.08. The summed E-state index contributed by atoms with van der Waals surface area (Å²) in [4.78, 5) is 28.0. The summed E-state index contributed by atoms with van der Waals surface area (Å²) in [6.07, 6.45) is 0. The van der Waals surface area contributed by atoms with Gasteiger partial charge >= 0.3 is 0 Å². The van der Waals surface area contributed by atoms with Crippen LogP contribution in [-0.4, -0.2) is 30.8 Å². The third-order valence-corrected chi connectivity index (χ3v) is 4.46. The lowest BCUT2D eigenvalue weighted by Crippen LogP contribution is -2.15. The van der Waals surface area contributed by atoms with Gasteiger partial charge in [-0.25, -0.2) is 4.98 Å². The average molecular weight is 392 g/mol. The molecule has 0 fully saturated rings. The minimum atomic E-state index is -0.487. The first-order valence-corrected chi connectivity index (χ1v) is 8.67. The number of nitro groups is 1. The van der Waals surface area contributed by atoms with E-state index >= 15 is 0 Å². The predicted molar refractivity (Wildman–Crippen MR) is 105 cm³/mol. The largest absolute Gasteiger partial charge is 0.335 e. The molecule has 0 aliphatic heterocycles. The smallest absolute Gasteiger partial charge is 0.270 e. The first-order chi connectivity index (χ1) is 13.8. The van der Waals surface area contributed by atoms with Crippen molar-refractivity contribution >= 4 is 28.5 Å². The van der Waals surface area contributed by atoms with Crippen LogP contribution in [0.4, 0.5) is 11.5 Å². The van der Waals surface area contributed by atoms with Gasteiger partial charge in [-0.15, -0.1) is 0 Å². The Morgan fingerprint density at radius 3 is 2.72 bits per heavy atom. The van der Waals surface area contributed by atoms with Crippen molar-refractivity contribution in [3.8, 4) is 11.3 Å². The molecule has 0 atom stereocenters. The van der Waals surface area contributed by atoms with Crippen molar-refractivity contribution in [2.45, 2.75) is 13.8 Å². The van der Waals surface area contributed by atoms with Crippen LogP contribution in [0.2, 0.25) is 0 Å². The molecule has 146 valence electrons. The highest BCUT2D eigenvalue weighted by molar-refractivity contribution is 6.12. The van der Waals surface area contributed by atoms with Crippen LogP contribution >= 0.6 is 0 Å². The van der Waals surface area contributed by atoms with Crippen molar-refractivity contribution in [2.24, 2.45) is 7.05 Å². The number of carbonyl (C=O) groups is 1. The number of benzene rings is 1. The van der Waals surface area contributed by atoms with Crippen molar-refractivity contribution in [1.82, 2.24) is 19.9 Å². The fourth-order valence-electron chi connectivity index (χ4n) is 3.11. The number of anilines is 1. The van der Waals surface area contributed by atoms with Crippen molar-refractivity contribution < 1.29 is 14.2 Å². The number of amides is 1. The number of nitrogens with one attached hydrogen (secondary N) is 1. The number of carbonyl (C=O) groups excluding carboxylic acids is 1. The molecule has 0 radical (unpaired) electrons. The molecule has 3 aromatic heterocycles. The summed E-state index contributed by atoms with van der Waals surface area (Å²) in [5.74, 6) is 0.141. The van der Waals surface area contributed by atoms with Crippen LogP contribution in [0.3, 0.4) is 0 Å². The zero-order valence-electron chi connectivity index (χ0n) is 15.8. The number of fused-ring (bicyclic) bond motifs is 1. The standard InChI is InChI=1S/C19H16N6O4/c1-10-7-16(24(3)22-10)21-18(26)14-9-15(20-19-17(14)11(2)23-29-19)12-5-4-6-13(8-12)25(27)28/h4-9H,1-3H3,(H,21,26). The number of non-ortho nitro benzene ring substituents is 1. The van der Waals surface area contributed by atoms with E-state index in [4.69, 9.17) is 4.52 Å². The van der Waals surface area contributed by atoms with E-state index in [0.29, 0.717) is 33.7 Å². The summed E-state index contributed by atoms with van der Waals surface area (Å²) in [5.41, 5.74) is 2.54. The van der Waals surface area contributed by atoms with E-state index in [0.717, 1.165) is 5.69 Å². The molecule has 1 amide bonds. The summed E-state index contributed by atoms with van der Waals surface area (Å²) >= 11 is 0. The number of hydrogen-bond acceptors (Lipinski definition) is 7. The first kappa shape index (κ1) is 18.3. The molecule has 10 heteroatoms. The van der Waals surface area contributed by atoms with Gasteiger partial charge in [0.15, 0.2) is 0 Å². The van der Waals surface area contributed by atoms with Crippen LogP contribution in [0, 0.1) is 24.0 Å². The van der Waals surface area contributed by atoms with Crippen LogP contribution in [0.1, 0.15) is 21.7 Å². The van der Waals surface area contributed by atoms with Gasteiger partial charge in [0.25, 0.3) is 17.3 Å². The Kier molecular flexibility index (Phi) is 4.30. The van der Waals surface area contributed by atoms with Gasteiger partial charge in [-0.05, 0) is 19.9 Å². The van der Waals surface area contributed by atoms with Crippen LogP contribution in [0.15, 0.2) is 40.9 Å². The number of rotatable bonds is 4. The molecule has 4 rings (SSSR count). The molecular weight excluding hydrogens is 376 g/mol. The number of nitro benzene ring substituents is 1. The second-order valence-corrected chi connectivity index (χ2v) is 6.56. The highest BCUT2D eigenvalue weighted by Gasteiger charge is 2.21. The van der Waals surface area contributed by atoms with E-state index in [9.17, 15) is 14.9 Å². The summed E-state index contributed by atoms with van der Waals surface area (Å²) in [6.45, 7) is 3.54. The molecule has 0 aliphatic rings. The maximum absolute atomic E-state index is 13.0. The molecule has 0 saturated heterocycles. The minimum absolute atomic E-state index is 0.0745. The second kappa shape index (κ2) is 6.82. The summed E-state index contributed by atoms with van der Waals surface area (Å²) in [5, 5.41) is 22.5. The maximum Gasteiger partial charge on any atom is 0.270 e. The van der Waals surface area contributed by atoms with E-state index in [-0.39, 0.29) is 11.4 Å². The van der Waals surface area contributed by atoms with E-state index < -0.39 is 10.8 Å². The maximum atomic E-state index is 13.0. The minimum Gasteiger partial charge on any atom is -0.335 e. The van der Waals surface area contributed by atoms with Gasteiger partial charge in [-0.3, -0.25) is 19.6 Å². The third kappa shape index (κ3) is 3.31. The first-order valence-electron chi connectivity index (χ1n) is 8.67.